The van der Waals surface area contributed by atoms with Crippen molar-refractivity contribution in [1.82, 2.24) is 10.2 Å². The number of halogens is 1. The molecule has 1 aromatic rings. The van der Waals surface area contributed by atoms with Crippen LogP contribution < -0.4 is 5.32 Å². The smallest absolute Gasteiger partial charge is 0.223 e. The van der Waals surface area contributed by atoms with E-state index in [9.17, 15) is 9.59 Å². The molecule has 1 heterocycles. The Labute approximate surface area is 150 Å². The van der Waals surface area contributed by atoms with Crippen LogP contribution in [0.1, 0.15) is 53.6 Å². The summed E-state index contributed by atoms with van der Waals surface area (Å²) in [6.45, 7) is 1.67. The molecule has 0 bridgehead atoms. The number of carbonyl (C=O) groups excluding carboxylic acids is 2. The molecule has 1 atom stereocenters. The number of carbonyl (C=O) groups is 2. The van der Waals surface area contributed by atoms with Gasteiger partial charge in [0.05, 0.1) is 0 Å². The summed E-state index contributed by atoms with van der Waals surface area (Å²) in [4.78, 5) is 26.7. The second kappa shape index (κ2) is 8.63. The van der Waals surface area contributed by atoms with E-state index in [1.807, 2.05) is 24.1 Å². The van der Waals surface area contributed by atoms with Gasteiger partial charge in [-0.3, -0.25) is 9.59 Å². The molecule has 2 aliphatic rings. The van der Waals surface area contributed by atoms with Gasteiger partial charge in [0.2, 0.25) is 5.91 Å². The van der Waals surface area contributed by atoms with Crippen molar-refractivity contribution < 1.29 is 9.59 Å². The third-order valence-electron chi connectivity index (χ3n) is 5.12. The second-order valence-electron chi connectivity index (χ2n) is 6.70. The standard InChI is InChI=1S/C19H26N2O2.ClH/c1-20-13-17-6-3-11-21(17)19(23)10-9-18(22)16-8-7-14-4-2-5-15(14)12-16;/h7-8,12,17,20H,2-6,9-11,13H2,1H3;1H. The zero-order valence-corrected chi connectivity index (χ0v) is 15.2. The van der Waals surface area contributed by atoms with Crippen molar-refractivity contribution in [2.75, 3.05) is 20.1 Å². The minimum absolute atomic E-state index is 0. The number of aryl methyl sites for hydroxylation is 2. The minimum atomic E-state index is 0. The molecule has 1 saturated heterocycles. The molecule has 1 aliphatic heterocycles. The number of ketones is 1. The molecule has 0 aromatic heterocycles. The van der Waals surface area contributed by atoms with Crippen LogP contribution in [0.15, 0.2) is 18.2 Å². The Morgan fingerprint density at radius 2 is 1.96 bits per heavy atom. The zero-order chi connectivity index (χ0) is 16.2. The van der Waals surface area contributed by atoms with E-state index in [0.717, 1.165) is 44.3 Å². The van der Waals surface area contributed by atoms with Crippen LogP contribution in [0.2, 0.25) is 0 Å². The number of likely N-dealkylation sites (N-methyl/N-ethyl adjacent to an activating group) is 1. The Bertz CT molecular complexity index is 603. The first kappa shape index (κ1) is 18.9. The summed E-state index contributed by atoms with van der Waals surface area (Å²) < 4.78 is 0. The van der Waals surface area contributed by atoms with Crippen molar-refractivity contribution in [1.29, 1.82) is 0 Å². The number of fused-ring (bicyclic) bond motifs is 1. The summed E-state index contributed by atoms with van der Waals surface area (Å²) in [6, 6.07) is 6.34. The molecule has 0 radical (unpaired) electrons. The first-order valence-electron chi connectivity index (χ1n) is 8.78. The van der Waals surface area contributed by atoms with Crippen LogP contribution in [-0.2, 0) is 17.6 Å². The van der Waals surface area contributed by atoms with E-state index in [4.69, 9.17) is 0 Å². The van der Waals surface area contributed by atoms with Crippen molar-refractivity contribution in [2.45, 2.75) is 51.0 Å². The van der Waals surface area contributed by atoms with Crippen molar-refractivity contribution in [3.63, 3.8) is 0 Å². The molecule has 24 heavy (non-hydrogen) atoms. The van der Waals surface area contributed by atoms with Crippen LogP contribution in [0, 0.1) is 0 Å². The average molecular weight is 351 g/mol. The Morgan fingerprint density at radius 1 is 1.17 bits per heavy atom. The predicted molar refractivity (Wildman–Crippen MR) is 97.9 cm³/mol. The van der Waals surface area contributed by atoms with E-state index < -0.39 is 0 Å². The fourth-order valence-electron chi connectivity index (χ4n) is 3.87. The van der Waals surface area contributed by atoms with Crippen molar-refractivity contribution in [2.24, 2.45) is 0 Å². The fraction of sp³-hybridized carbons (Fsp3) is 0.579. The molecule has 5 heteroatoms. The van der Waals surface area contributed by atoms with Gasteiger partial charge in [-0.25, -0.2) is 0 Å². The van der Waals surface area contributed by atoms with Crippen LogP contribution in [0.5, 0.6) is 0 Å². The largest absolute Gasteiger partial charge is 0.338 e. The lowest BCUT2D eigenvalue weighted by molar-refractivity contribution is -0.131. The van der Waals surface area contributed by atoms with Gasteiger partial charge < -0.3 is 10.2 Å². The topological polar surface area (TPSA) is 49.4 Å². The normalized spacial score (nSPS) is 19.0. The Balaban J connectivity index is 0.00000208. The Morgan fingerprint density at radius 3 is 2.75 bits per heavy atom. The number of benzene rings is 1. The Kier molecular flexibility index (Phi) is 6.81. The highest BCUT2D eigenvalue weighted by molar-refractivity contribution is 5.98. The average Bonchev–Trinajstić information content (AvgIpc) is 3.20. The van der Waals surface area contributed by atoms with Gasteiger partial charge in [-0.05, 0) is 56.3 Å². The monoisotopic (exact) mass is 350 g/mol. The maximum Gasteiger partial charge on any atom is 0.223 e. The van der Waals surface area contributed by atoms with Gasteiger partial charge >= 0.3 is 0 Å². The predicted octanol–water partition coefficient (Wildman–Crippen LogP) is 2.77. The molecular weight excluding hydrogens is 324 g/mol. The third kappa shape index (κ3) is 4.17. The lowest BCUT2D eigenvalue weighted by Crippen LogP contribution is -2.40. The Hall–Kier alpha value is -1.39. The van der Waals surface area contributed by atoms with Gasteiger partial charge in [0, 0.05) is 37.5 Å². The summed E-state index contributed by atoms with van der Waals surface area (Å²) >= 11 is 0. The molecule has 0 saturated carbocycles. The molecular formula is C19H27ClN2O2. The maximum atomic E-state index is 12.4. The van der Waals surface area contributed by atoms with Crippen molar-refractivity contribution in [3.8, 4) is 0 Å². The van der Waals surface area contributed by atoms with E-state index in [-0.39, 0.29) is 24.1 Å². The third-order valence-corrected chi connectivity index (χ3v) is 5.12. The lowest BCUT2D eigenvalue weighted by atomic mass is 10.0. The lowest BCUT2D eigenvalue weighted by Gasteiger charge is -2.24. The summed E-state index contributed by atoms with van der Waals surface area (Å²) in [5, 5.41) is 3.15. The van der Waals surface area contributed by atoms with Gasteiger partial charge in [0.15, 0.2) is 5.78 Å². The van der Waals surface area contributed by atoms with Crippen molar-refractivity contribution in [3.05, 3.63) is 34.9 Å². The fourth-order valence-corrected chi connectivity index (χ4v) is 3.87. The molecule has 3 rings (SSSR count). The second-order valence-corrected chi connectivity index (χ2v) is 6.70. The molecule has 132 valence electrons. The number of nitrogens with zero attached hydrogens (tertiary/aromatic N) is 1. The number of hydrogen-bond donors (Lipinski definition) is 1. The molecule has 1 aromatic carbocycles. The van der Waals surface area contributed by atoms with Crippen LogP contribution >= 0.6 is 12.4 Å². The number of amides is 1. The highest BCUT2D eigenvalue weighted by Crippen LogP contribution is 2.24. The van der Waals surface area contributed by atoms with Crippen LogP contribution in [0.4, 0.5) is 0 Å². The minimum Gasteiger partial charge on any atom is -0.338 e. The van der Waals surface area contributed by atoms with E-state index in [2.05, 4.69) is 11.4 Å². The van der Waals surface area contributed by atoms with Gasteiger partial charge in [-0.2, -0.15) is 0 Å². The SMILES string of the molecule is CNCC1CCCN1C(=O)CCC(=O)c1ccc2c(c1)CCC2.Cl. The van der Waals surface area contributed by atoms with E-state index in [1.54, 1.807) is 0 Å². The summed E-state index contributed by atoms with van der Waals surface area (Å²) in [5.74, 6) is 0.217. The van der Waals surface area contributed by atoms with Crippen LogP contribution in [0.25, 0.3) is 0 Å². The summed E-state index contributed by atoms with van der Waals surface area (Å²) in [7, 11) is 1.92. The zero-order valence-electron chi connectivity index (χ0n) is 14.3. The van der Waals surface area contributed by atoms with E-state index in [0.29, 0.717) is 18.9 Å². The molecule has 1 fully saturated rings. The highest BCUT2D eigenvalue weighted by atomic mass is 35.5. The molecule has 4 nitrogen and oxygen atoms in total. The first-order chi connectivity index (χ1) is 11.2. The summed E-state index contributed by atoms with van der Waals surface area (Å²) in [5.41, 5.74) is 3.46. The van der Waals surface area contributed by atoms with Gasteiger partial charge in [0.1, 0.15) is 0 Å². The molecule has 1 amide bonds. The molecule has 1 unspecified atom stereocenters. The number of nitrogens with one attached hydrogen (secondary N) is 1. The number of likely N-dealkylation sites (tertiary alicyclic amines) is 1. The number of Topliss-reactive ketones (excluding diaryl/α,β-unsaturated/α-hetero) is 1. The van der Waals surface area contributed by atoms with Crippen molar-refractivity contribution >= 4 is 24.1 Å². The number of hydrogen-bond acceptors (Lipinski definition) is 3. The summed E-state index contributed by atoms with van der Waals surface area (Å²) in [6.07, 6.45) is 6.17. The van der Waals surface area contributed by atoms with E-state index in [1.165, 1.54) is 17.5 Å². The van der Waals surface area contributed by atoms with Gasteiger partial charge in [-0.15, -0.1) is 12.4 Å². The first-order valence-corrected chi connectivity index (χ1v) is 8.78. The van der Waals surface area contributed by atoms with Gasteiger partial charge in [-0.1, -0.05) is 12.1 Å². The molecule has 0 spiro atoms. The van der Waals surface area contributed by atoms with Gasteiger partial charge in [0.25, 0.3) is 0 Å². The molecule has 1 aliphatic carbocycles. The van der Waals surface area contributed by atoms with Crippen LogP contribution in [0.3, 0.4) is 0 Å². The quantitative estimate of drug-likeness (QED) is 0.802. The number of rotatable bonds is 6. The maximum absolute atomic E-state index is 12.4. The highest BCUT2D eigenvalue weighted by Gasteiger charge is 2.28. The van der Waals surface area contributed by atoms with E-state index >= 15 is 0 Å². The van der Waals surface area contributed by atoms with Crippen LogP contribution in [-0.4, -0.2) is 42.8 Å². The molecule has 1 N–H and O–H groups in total.